The highest BCUT2D eigenvalue weighted by Gasteiger charge is 2.24. The van der Waals surface area contributed by atoms with E-state index in [2.05, 4.69) is 42.6 Å². The van der Waals surface area contributed by atoms with Crippen LogP contribution in [0.2, 0.25) is 0 Å². The number of benzene rings is 1. The van der Waals surface area contributed by atoms with E-state index in [4.69, 9.17) is 4.98 Å². The van der Waals surface area contributed by atoms with Gasteiger partial charge >= 0.3 is 0 Å². The Bertz CT molecular complexity index is 562. The van der Waals surface area contributed by atoms with Crippen molar-refractivity contribution in [2.24, 2.45) is 0 Å². The van der Waals surface area contributed by atoms with E-state index in [0.29, 0.717) is 5.92 Å². The molecule has 112 valence electrons. The van der Waals surface area contributed by atoms with Crippen molar-refractivity contribution in [3.05, 3.63) is 51.5 Å². The highest BCUT2D eigenvalue weighted by Crippen LogP contribution is 2.34. The van der Waals surface area contributed by atoms with E-state index < -0.39 is 0 Å². The summed E-state index contributed by atoms with van der Waals surface area (Å²) in [5, 5.41) is 4.82. The number of nitrogens with one attached hydrogen (secondary N) is 1. The second kappa shape index (κ2) is 7.19. The van der Waals surface area contributed by atoms with Crippen LogP contribution in [-0.2, 0) is 19.3 Å². The van der Waals surface area contributed by atoms with Gasteiger partial charge in [-0.3, -0.25) is 0 Å². The monoisotopic (exact) mass is 300 g/mol. The fourth-order valence-corrected chi connectivity index (χ4v) is 4.27. The minimum absolute atomic E-state index is 0.635. The highest BCUT2D eigenvalue weighted by molar-refractivity contribution is 7.11. The fraction of sp³-hybridized carbons (Fsp3) is 0.500. The third kappa shape index (κ3) is 3.72. The molecule has 0 saturated carbocycles. The Balaban J connectivity index is 1.66. The first-order chi connectivity index (χ1) is 10.4. The summed E-state index contributed by atoms with van der Waals surface area (Å²) in [4.78, 5) is 6.53. The van der Waals surface area contributed by atoms with Gasteiger partial charge in [0.05, 0.1) is 10.7 Å². The van der Waals surface area contributed by atoms with E-state index in [9.17, 15) is 0 Å². The number of aromatic nitrogens is 1. The topological polar surface area (TPSA) is 24.9 Å². The van der Waals surface area contributed by atoms with Crippen molar-refractivity contribution < 1.29 is 0 Å². The number of hydrogen-bond acceptors (Lipinski definition) is 3. The summed E-state index contributed by atoms with van der Waals surface area (Å²) >= 11 is 1.95. The SMILES string of the molecule is CCNCC1CCCc2sc(CCc3ccccc3)nc21. The van der Waals surface area contributed by atoms with E-state index >= 15 is 0 Å². The van der Waals surface area contributed by atoms with Crippen molar-refractivity contribution in [2.75, 3.05) is 13.1 Å². The molecule has 1 N–H and O–H groups in total. The van der Waals surface area contributed by atoms with Crippen LogP contribution in [0.1, 0.15) is 46.8 Å². The quantitative estimate of drug-likeness (QED) is 0.873. The number of nitrogens with zero attached hydrogens (tertiary/aromatic N) is 1. The second-order valence-electron chi connectivity index (χ2n) is 5.80. The molecule has 3 rings (SSSR count). The molecule has 1 aromatic heterocycles. The van der Waals surface area contributed by atoms with Gasteiger partial charge in [0, 0.05) is 23.8 Å². The Morgan fingerprint density at radius 3 is 2.90 bits per heavy atom. The summed E-state index contributed by atoms with van der Waals surface area (Å²) in [5.41, 5.74) is 2.81. The molecule has 0 radical (unpaired) electrons. The zero-order valence-corrected chi connectivity index (χ0v) is 13.6. The van der Waals surface area contributed by atoms with Gasteiger partial charge in [-0.1, -0.05) is 37.3 Å². The number of aryl methyl sites for hydroxylation is 3. The first-order valence-corrected chi connectivity index (χ1v) is 8.91. The maximum absolute atomic E-state index is 4.98. The number of rotatable bonds is 6. The van der Waals surface area contributed by atoms with Gasteiger partial charge in [0.15, 0.2) is 0 Å². The van der Waals surface area contributed by atoms with Gasteiger partial charge in [-0.2, -0.15) is 0 Å². The van der Waals surface area contributed by atoms with Crippen LogP contribution in [0.3, 0.4) is 0 Å². The van der Waals surface area contributed by atoms with Crippen molar-refractivity contribution in [1.82, 2.24) is 10.3 Å². The number of thiazole rings is 1. The van der Waals surface area contributed by atoms with Gasteiger partial charge < -0.3 is 5.32 Å². The molecule has 0 aliphatic heterocycles. The molecular weight excluding hydrogens is 276 g/mol. The number of fused-ring (bicyclic) bond motifs is 1. The molecule has 0 amide bonds. The zero-order chi connectivity index (χ0) is 14.5. The largest absolute Gasteiger partial charge is 0.316 e. The lowest BCUT2D eigenvalue weighted by molar-refractivity contribution is 0.508. The van der Waals surface area contributed by atoms with Crippen LogP contribution < -0.4 is 5.32 Å². The first kappa shape index (κ1) is 14.7. The molecule has 21 heavy (non-hydrogen) atoms. The maximum Gasteiger partial charge on any atom is 0.0934 e. The fourth-order valence-electron chi connectivity index (χ4n) is 3.08. The van der Waals surface area contributed by atoms with Gasteiger partial charge in [-0.15, -0.1) is 11.3 Å². The minimum Gasteiger partial charge on any atom is -0.316 e. The molecule has 1 aliphatic carbocycles. The standard InChI is InChI=1S/C18H24N2S/c1-2-19-13-15-9-6-10-16-18(15)20-17(21-16)12-11-14-7-4-3-5-8-14/h3-5,7-8,15,19H,2,6,9-13H2,1H3. The van der Waals surface area contributed by atoms with Gasteiger partial charge in [0.25, 0.3) is 0 Å². The molecule has 0 saturated heterocycles. The van der Waals surface area contributed by atoms with Crippen LogP contribution in [0.15, 0.2) is 30.3 Å². The molecule has 1 unspecified atom stereocenters. The zero-order valence-electron chi connectivity index (χ0n) is 12.8. The number of hydrogen-bond donors (Lipinski definition) is 1. The molecule has 1 atom stereocenters. The molecule has 3 heteroatoms. The average Bonchev–Trinajstić information content (AvgIpc) is 2.95. The smallest absolute Gasteiger partial charge is 0.0934 e. The minimum atomic E-state index is 0.635. The van der Waals surface area contributed by atoms with Crippen LogP contribution in [0.5, 0.6) is 0 Å². The Labute approximate surface area is 131 Å². The molecule has 1 aromatic carbocycles. The molecule has 1 aliphatic rings. The number of likely N-dealkylation sites (N-methyl/N-ethyl adjacent to an activating group) is 1. The first-order valence-electron chi connectivity index (χ1n) is 8.10. The third-order valence-electron chi connectivity index (χ3n) is 4.23. The molecule has 0 bridgehead atoms. The summed E-state index contributed by atoms with van der Waals surface area (Å²) in [7, 11) is 0. The molecule has 1 heterocycles. The Hall–Kier alpha value is -1.19. The van der Waals surface area contributed by atoms with E-state index in [1.54, 1.807) is 4.88 Å². The predicted molar refractivity (Wildman–Crippen MR) is 90.2 cm³/mol. The average molecular weight is 300 g/mol. The Morgan fingerprint density at radius 1 is 1.24 bits per heavy atom. The summed E-state index contributed by atoms with van der Waals surface area (Å²) in [5.74, 6) is 0.635. The van der Waals surface area contributed by atoms with E-state index in [1.165, 1.54) is 35.5 Å². The van der Waals surface area contributed by atoms with E-state index in [1.807, 2.05) is 11.3 Å². The lowest BCUT2D eigenvalue weighted by Crippen LogP contribution is -2.24. The van der Waals surface area contributed by atoms with Crippen molar-refractivity contribution in [3.63, 3.8) is 0 Å². The van der Waals surface area contributed by atoms with Crippen LogP contribution >= 0.6 is 11.3 Å². The normalized spacial score (nSPS) is 17.7. The molecular formula is C18H24N2S. The molecule has 2 nitrogen and oxygen atoms in total. The third-order valence-corrected chi connectivity index (χ3v) is 5.42. The lowest BCUT2D eigenvalue weighted by atomic mass is 9.91. The molecule has 0 spiro atoms. The van der Waals surface area contributed by atoms with Crippen LogP contribution in [0.4, 0.5) is 0 Å². The van der Waals surface area contributed by atoms with Crippen LogP contribution in [0, 0.1) is 0 Å². The van der Waals surface area contributed by atoms with E-state index in [0.717, 1.165) is 25.9 Å². The van der Waals surface area contributed by atoms with Crippen molar-refractivity contribution in [2.45, 2.75) is 44.9 Å². The van der Waals surface area contributed by atoms with Crippen LogP contribution in [-0.4, -0.2) is 18.1 Å². The molecule has 0 fully saturated rings. The van der Waals surface area contributed by atoms with Crippen molar-refractivity contribution >= 4 is 11.3 Å². The van der Waals surface area contributed by atoms with Gasteiger partial charge in [-0.05, 0) is 37.8 Å². The van der Waals surface area contributed by atoms with Crippen molar-refractivity contribution in [3.8, 4) is 0 Å². The Kier molecular flexibility index (Phi) is 5.04. The van der Waals surface area contributed by atoms with Crippen molar-refractivity contribution in [1.29, 1.82) is 0 Å². The second-order valence-corrected chi connectivity index (χ2v) is 6.97. The van der Waals surface area contributed by atoms with Crippen LogP contribution in [0.25, 0.3) is 0 Å². The lowest BCUT2D eigenvalue weighted by Gasteiger charge is -2.21. The van der Waals surface area contributed by atoms with E-state index in [-0.39, 0.29) is 0 Å². The summed E-state index contributed by atoms with van der Waals surface area (Å²) in [6.07, 6.45) is 6.03. The molecule has 2 aromatic rings. The summed E-state index contributed by atoms with van der Waals surface area (Å²) in [6.45, 7) is 4.32. The van der Waals surface area contributed by atoms with Gasteiger partial charge in [0.1, 0.15) is 0 Å². The summed E-state index contributed by atoms with van der Waals surface area (Å²) in [6, 6.07) is 10.7. The maximum atomic E-state index is 4.98. The predicted octanol–water partition coefficient (Wildman–Crippen LogP) is 3.96. The Morgan fingerprint density at radius 2 is 2.10 bits per heavy atom. The van der Waals surface area contributed by atoms with Gasteiger partial charge in [-0.25, -0.2) is 4.98 Å². The summed E-state index contributed by atoms with van der Waals surface area (Å²) < 4.78 is 0. The van der Waals surface area contributed by atoms with Gasteiger partial charge in [0.2, 0.25) is 0 Å². The highest BCUT2D eigenvalue weighted by atomic mass is 32.1.